The fraction of sp³-hybridized carbons (Fsp3) is 0.190. The molecule has 0 aliphatic rings. The molecule has 0 fully saturated rings. The van der Waals surface area contributed by atoms with Crippen molar-refractivity contribution < 1.29 is 14.3 Å². The van der Waals surface area contributed by atoms with Crippen LogP contribution in [0.25, 0.3) is 21.9 Å². The van der Waals surface area contributed by atoms with E-state index in [4.69, 9.17) is 5.11 Å². The highest BCUT2D eigenvalue weighted by atomic mass is 19.1. The van der Waals surface area contributed by atoms with Crippen molar-refractivity contribution in [3.63, 3.8) is 0 Å². The van der Waals surface area contributed by atoms with E-state index in [0.717, 1.165) is 21.9 Å². The highest BCUT2D eigenvalue weighted by molar-refractivity contribution is 6.10. The van der Waals surface area contributed by atoms with Crippen LogP contribution in [0.4, 0.5) is 4.39 Å². The average molecular weight is 337 g/mol. The summed E-state index contributed by atoms with van der Waals surface area (Å²) in [5, 5.41) is 10.7. The second-order valence-electron chi connectivity index (χ2n) is 6.14. The lowest BCUT2D eigenvalue weighted by Gasteiger charge is -2.18. The summed E-state index contributed by atoms with van der Waals surface area (Å²) in [7, 11) is 1.65. The van der Waals surface area contributed by atoms with Crippen LogP contribution in [0, 0.1) is 12.7 Å². The number of rotatable bonds is 4. The van der Waals surface area contributed by atoms with E-state index in [0.29, 0.717) is 11.1 Å². The van der Waals surface area contributed by atoms with Crippen molar-refractivity contribution in [1.82, 2.24) is 4.90 Å². The van der Waals surface area contributed by atoms with E-state index >= 15 is 0 Å². The number of amides is 1. The number of benzene rings is 3. The van der Waals surface area contributed by atoms with Crippen molar-refractivity contribution in [1.29, 1.82) is 0 Å². The molecule has 0 heterocycles. The minimum absolute atomic E-state index is 0.0905. The molecule has 0 bridgehead atoms. The normalized spacial score (nSPS) is 10.9. The predicted octanol–water partition coefficient (Wildman–Crippen LogP) is 4.02. The third-order valence-electron chi connectivity index (χ3n) is 4.35. The van der Waals surface area contributed by atoms with Gasteiger partial charge in [0.05, 0.1) is 6.61 Å². The standard InChI is InChI=1S/C21H20FNO2/c1-14-9-10-20(22)19(13-14)17-7-3-6-16-15(17)5-4-8-18(16)21(25)23(2)11-12-24/h3-10,13,24H,11-12H2,1-2H3. The molecule has 0 radical (unpaired) electrons. The number of hydrogen-bond acceptors (Lipinski definition) is 2. The van der Waals surface area contributed by atoms with Crippen molar-refractivity contribution >= 4 is 16.7 Å². The van der Waals surface area contributed by atoms with Gasteiger partial charge in [-0.1, -0.05) is 42.0 Å². The van der Waals surface area contributed by atoms with E-state index in [2.05, 4.69) is 0 Å². The Bertz CT molecular complexity index is 936. The van der Waals surface area contributed by atoms with Crippen LogP contribution < -0.4 is 0 Å². The van der Waals surface area contributed by atoms with Crippen LogP contribution in [0.2, 0.25) is 0 Å². The number of carbonyl (C=O) groups is 1. The fourth-order valence-electron chi connectivity index (χ4n) is 3.03. The average Bonchev–Trinajstić information content (AvgIpc) is 2.62. The summed E-state index contributed by atoms with van der Waals surface area (Å²) in [5.74, 6) is -0.450. The van der Waals surface area contributed by atoms with Crippen LogP contribution in [0.1, 0.15) is 15.9 Å². The van der Waals surface area contributed by atoms with E-state index in [1.807, 2.05) is 37.3 Å². The predicted molar refractivity (Wildman–Crippen MR) is 98.1 cm³/mol. The maximum Gasteiger partial charge on any atom is 0.254 e. The van der Waals surface area contributed by atoms with Crippen LogP contribution in [-0.4, -0.2) is 36.1 Å². The van der Waals surface area contributed by atoms with E-state index in [9.17, 15) is 9.18 Å². The van der Waals surface area contributed by atoms with Gasteiger partial charge in [-0.15, -0.1) is 0 Å². The number of halogens is 1. The van der Waals surface area contributed by atoms with Gasteiger partial charge < -0.3 is 10.0 Å². The van der Waals surface area contributed by atoms with Crippen molar-refractivity contribution in [3.05, 3.63) is 71.5 Å². The minimum atomic E-state index is -0.285. The molecule has 4 heteroatoms. The molecule has 0 saturated heterocycles. The molecule has 3 nitrogen and oxygen atoms in total. The number of hydrogen-bond donors (Lipinski definition) is 1. The largest absolute Gasteiger partial charge is 0.395 e. The lowest BCUT2D eigenvalue weighted by molar-refractivity contribution is 0.0769. The van der Waals surface area contributed by atoms with Gasteiger partial charge >= 0.3 is 0 Å². The number of aliphatic hydroxyl groups excluding tert-OH is 1. The maximum atomic E-state index is 14.4. The topological polar surface area (TPSA) is 40.5 Å². The number of carbonyl (C=O) groups excluding carboxylic acids is 1. The highest BCUT2D eigenvalue weighted by Crippen LogP contribution is 2.32. The van der Waals surface area contributed by atoms with Crippen LogP contribution in [0.3, 0.4) is 0 Å². The number of nitrogens with zero attached hydrogens (tertiary/aromatic N) is 1. The molecule has 3 aromatic rings. The fourth-order valence-corrected chi connectivity index (χ4v) is 3.03. The zero-order valence-corrected chi connectivity index (χ0v) is 14.3. The molecule has 0 atom stereocenters. The lowest BCUT2D eigenvalue weighted by atomic mass is 9.94. The van der Waals surface area contributed by atoms with Crippen molar-refractivity contribution in [2.75, 3.05) is 20.2 Å². The highest BCUT2D eigenvalue weighted by Gasteiger charge is 2.16. The molecule has 0 saturated carbocycles. The van der Waals surface area contributed by atoms with E-state index in [1.54, 1.807) is 25.2 Å². The number of fused-ring (bicyclic) bond motifs is 1. The Kier molecular flexibility index (Phi) is 4.81. The minimum Gasteiger partial charge on any atom is -0.395 e. The first-order chi connectivity index (χ1) is 12.0. The monoisotopic (exact) mass is 337 g/mol. The molecule has 0 aliphatic carbocycles. The van der Waals surface area contributed by atoms with Gasteiger partial charge in [-0.3, -0.25) is 4.79 Å². The summed E-state index contributed by atoms with van der Waals surface area (Å²) in [6.07, 6.45) is 0. The molecule has 128 valence electrons. The number of aliphatic hydroxyl groups is 1. The summed E-state index contributed by atoms with van der Waals surface area (Å²) in [5.41, 5.74) is 2.81. The second kappa shape index (κ2) is 7.03. The summed E-state index contributed by atoms with van der Waals surface area (Å²) < 4.78 is 14.4. The zero-order chi connectivity index (χ0) is 18.0. The van der Waals surface area contributed by atoms with Crippen LogP contribution in [0.5, 0.6) is 0 Å². The molecular weight excluding hydrogens is 317 g/mol. The summed E-state index contributed by atoms with van der Waals surface area (Å²) in [6, 6.07) is 16.1. The lowest BCUT2D eigenvalue weighted by Crippen LogP contribution is -2.29. The Morgan fingerprint density at radius 3 is 2.52 bits per heavy atom. The van der Waals surface area contributed by atoms with E-state index in [1.165, 1.54) is 11.0 Å². The van der Waals surface area contributed by atoms with Gasteiger partial charge in [0, 0.05) is 24.7 Å². The van der Waals surface area contributed by atoms with Gasteiger partial charge in [-0.05, 0) is 41.5 Å². The first-order valence-corrected chi connectivity index (χ1v) is 8.17. The van der Waals surface area contributed by atoms with Gasteiger partial charge in [0.15, 0.2) is 0 Å². The molecule has 3 aromatic carbocycles. The van der Waals surface area contributed by atoms with Crippen LogP contribution in [0.15, 0.2) is 54.6 Å². The molecule has 1 amide bonds. The zero-order valence-electron chi connectivity index (χ0n) is 14.3. The number of likely N-dealkylation sites (N-methyl/N-ethyl adjacent to an activating group) is 1. The van der Waals surface area contributed by atoms with Crippen LogP contribution >= 0.6 is 0 Å². The number of aryl methyl sites for hydroxylation is 1. The maximum absolute atomic E-state index is 14.4. The molecule has 0 unspecified atom stereocenters. The Hall–Kier alpha value is -2.72. The Balaban J connectivity index is 2.20. The second-order valence-corrected chi connectivity index (χ2v) is 6.14. The van der Waals surface area contributed by atoms with Crippen LogP contribution in [-0.2, 0) is 0 Å². The Morgan fingerprint density at radius 2 is 1.76 bits per heavy atom. The van der Waals surface area contributed by atoms with E-state index < -0.39 is 0 Å². The quantitative estimate of drug-likeness (QED) is 0.781. The van der Waals surface area contributed by atoms with Gasteiger partial charge in [-0.2, -0.15) is 0 Å². The third-order valence-corrected chi connectivity index (χ3v) is 4.35. The van der Waals surface area contributed by atoms with E-state index in [-0.39, 0.29) is 24.9 Å². The molecule has 1 N–H and O–H groups in total. The van der Waals surface area contributed by atoms with Crippen molar-refractivity contribution in [2.45, 2.75) is 6.92 Å². The summed E-state index contributed by atoms with van der Waals surface area (Å²) >= 11 is 0. The SMILES string of the molecule is Cc1ccc(F)c(-c2cccc3c(C(=O)N(C)CCO)cccc23)c1. The van der Waals surface area contributed by atoms with Crippen molar-refractivity contribution in [3.8, 4) is 11.1 Å². The van der Waals surface area contributed by atoms with Crippen molar-refractivity contribution in [2.24, 2.45) is 0 Å². The third kappa shape index (κ3) is 3.26. The van der Waals surface area contributed by atoms with Gasteiger partial charge in [0.1, 0.15) is 5.82 Å². The smallest absolute Gasteiger partial charge is 0.254 e. The first-order valence-electron chi connectivity index (χ1n) is 8.17. The molecule has 0 aromatic heterocycles. The van der Waals surface area contributed by atoms with Gasteiger partial charge in [0.2, 0.25) is 0 Å². The molecule has 3 rings (SSSR count). The van der Waals surface area contributed by atoms with Gasteiger partial charge in [0.25, 0.3) is 5.91 Å². The Morgan fingerprint density at radius 1 is 1.04 bits per heavy atom. The Labute approximate surface area is 146 Å². The molecular formula is C21H20FNO2. The molecule has 0 spiro atoms. The first kappa shape index (κ1) is 17.1. The summed E-state index contributed by atoms with van der Waals surface area (Å²) in [6.45, 7) is 2.10. The molecule has 25 heavy (non-hydrogen) atoms. The summed E-state index contributed by atoms with van der Waals surface area (Å²) in [4.78, 5) is 14.1. The molecule has 0 aliphatic heterocycles. The van der Waals surface area contributed by atoms with Gasteiger partial charge in [-0.25, -0.2) is 4.39 Å².